The average molecular weight is 504 g/mol. The second-order valence-corrected chi connectivity index (χ2v) is 7.67. The highest BCUT2D eigenvalue weighted by molar-refractivity contribution is 5.66. The molecular formula is C27H18F6O3. The summed E-state index contributed by atoms with van der Waals surface area (Å²) in [6.45, 7) is 1.61. The van der Waals surface area contributed by atoms with Gasteiger partial charge in [0.15, 0.2) is 11.6 Å². The van der Waals surface area contributed by atoms with Crippen molar-refractivity contribution in [2.75, 3.05) is 0 Å². The fraction of sp³-hybridized carbons (Fsp3) is 0.111. The van der Waals surface area contributed by atoms with Gasteiger partial charge in [0.2, 0.25) is 6.29 Å². The fourth-order valence-electron chi connectivity index (χ4n) is 3.45. The smallest absolute Gasteiger partial charge is 0.455 e. The van der Waals surface area contributed by atoms with Crippen LogP contribution in [0.2, 0.25) is 0 Å². The summed E-state index contributed by atoms with van der Waals surface area (Å²) in [6.07, 6.45) is -5.79. The number of hydrogen-bond acceptors (Lipinski definition) is 3. The lowest BCUT2D eigenvalue weighted by molar-refractivity contribution is -0.275. The van der Waals surface area contributed by atoms with Gasteiger partial charge in [0.05, 0.1) is 0 Å². The van der Waals surface area contributed by atoms with Crippen molar-refractivity contribution >= 4 is 0 Å². The van der Waals surface area contributed by atoms with Crippen LogP contribution < -0.4 is 14.2 Å². The molecule has 0 N–H and O–H groups in total. The van der Waals surface area contributed by atoms with Crippen LogP contribution in [0.25, 0.3) is 22.3 Å². The van der Waals surface area contributed by atoms with Gasteiger partial charge in [-0.15, -0.1) is 13.2 Å². The van der Waals surface area contributed by atoms with E-state index in [0.29, 0.717) is 28.0 Å². The van der Waals surface area contributed by atoms with Crippen LogP contribution in [-0.4, -0.2) is 12.7 Å². The van der Waals surface area contributed by atoms with Crippen LogP contribution in [0.3, 0.4) is 0 Å². The van der Waals surface area contributed by atoms with Crippen LogP contribution in [0, 0.1) is 17.5 Å². The van der Waals surface area contributed by atoms with E-state index >= 15 is 0 Å². The van der Waals surface area contributed by atoms with E-state index in [2.05, 4.69) is 4.74 Å². The first kappa shape index (κ1) is 25.0. The second-order valence-electron chi connectivity index (χ2n) is 7.67. The third-order valence-electron chi connectivity index (χ3n) is 5.05. The van der Waals surface area contributed by atoms with Gasteiger partial charge in [-0.25, -0.2) is 13.2 Å². The minimum Gasteiger partial charge on any atom is -0.455 e. The Kier molecular flexibility index (Phi) is 7.10. The predicted octanol–water partition coefficient (Wildman–Crippen LogP) is 8.14. The molecule has 0 aliphatic carbocycles. The van der Waals surface area contributed by atoms with Crippen molar-refractivity contribution in [2.24, 2.45) is 0 Å². The monoisotopic (exact) mass is 504 g/mol. The molecule has 0 saturated heterocycles. The van der Waals surface area contributed by atoms with Gasteiger partial charge in [-0.2, -0.15) is 0 Å². The van der Waals surface area contributed by atoms with Gasteiger partial charge in [0.1, 0.15) is 23.1 Å². The average Bonchev–Trinajstić information content (AvgIpc) is 2.81. The molecule has 1 atom stereocenters. The number of benzene rings is 4. The van der Waals surface area contributed by atoms with Crippen molar-refractivity contribution < 1.29 is 40.6 Å². The van der Waals surface area contributed by atoms with E-state index in [9.17, 15) is 26.3 Å². The first-order chi connectivity index (χ1) is 17.1. The Morgan fingerprint density at radius 2 is 1.19 bits per heavy atom. The Bertz CT molecular complexity index is 1340. The van der Waals surface area contributed by atoms with Gasteiger partial charge in [0, 0.05) is 18.6 Å². The van der Waals surface area contributed by atoms with Crippen molar-refractivity contribution in [1.82, 2.24) is 0 Å². The lowest BCUT2D eigenvalue weighted by Crippen LogP contribution is -2.19. The lowest BCUT2D eigenvalue weighted by atomic mass is 10.1. The van der Waals surface area contributed by atoms with E-state index in [4.69, 9.17) is 9.47 Å². The van der Waals surface area contributed by atoms with Crippen molar-refractivity contribution in [2.45, 2.75) is 19.6 Å². The van der Waals surface area contributed by atoms with E-state index in [1.165, 1.54) is 42.5 Å². The van der Waals surface area contributed by atoms with Crippen LogP contribution in [0.5, 0.6) is 17.2 Å². The minimum absolute atomic E-state index is 0.221. The minimum atomic E-state index is -4.99. The summed E-state index contributed by atoms with van der Waals surface area (Å²) in [4.78, 5) is 0. The van der Waals surface area contributed by atoms with Crippen LogP contribution in [0.15, 0.2) is 84.9 Å². The molecule has 4 aromatic carbocycles. The van der Waals surface area contributed by atoms with E-state index < -0.39 is 35.9 Å². The summed E-state index contributed by atoms with van der Waals surface area (Å²) >= 11 is 0. The zero-order valence-corrected chi connectivity index (χ0v) is 18.7. The van der Waals surface area contributed by atoms with Gasteiger partial charge in [-0.1, -0.05) is 30.3 Å². The molecule has 1 unspecified atom stereocenters. The van der Waals surface area contributed by atoms with Gasteiger partial charge in [-0.3, -0.25) is 0 Å². The Morgan fingerprint density at radius 3 is 1.81 bits per heavy atom. The molecular weight excluding hydrogens is 486 g/mol. The topological polar surface area (TPSA) is 27.7 Å². The number of halogens is 6. The molecule has 0 aliphatic heterocycles. The van der Waals surface area contributed by atoms with Crippen molar-refractivity contribution in [3.8, 4) is 39.5 Å². The molecule has 186 valence electrons. The zero-order chi connectivity index (χ0) is 25.9. The molecule has 0 radical (unpaired) electrons. The molecule has 4 aromatic rings. The summed E-state index contributed by atoms with van der Waals surface area (Å²) in [5, 5.41) is 0. The highest BCUT2D eigenvalue weighted by Crippen LogP contribution is 2.31. The molecule has 0 heterocycles. The molecule has 4 rings (SSSR count). The van der Waals surface area contributed by atoms with Gasteiger partial charge in [0.25, 0.3) is 0 Å². The van der Waals surface area contributed by atoms with Crippen molar-refractivity contribution in [3.63, 3.8) is 0 Å². The van der Waals surface area contributed by atoms with E-state index in [1.54, 1.807) is 37.3 Å². The van der Waals surface area contributed by atoms with Crippen LogP contribution in [0.4, 0.5) is 26.3 Å². The SMILES string of the molecule is CC(Oc1ccc(-c2ccc(OC(F)(F)F)c(F)c2)cc1)Oc1ccc(-c2ccc(F)cc2)c(F)c1. The normalized spacial score (nSPS) is 12.2. The number of alkyl halides is 3. The van der Waals surface area contributed by atoms with Gasteiger partial charge in [-0.05, 0) is 65.2 Å². The van der Waals surface area contributed by atoms with Crippen LogP contribution in [-0.2, 0) is 0 Å². The highest BCUT2D eigenvalue weighted by Gasteiger charge is 2.32. The molecule has 3 nitrogen and oxygen atoms in total. The zero-order valence-electron chi connectivity index (χ0n) is 18.7. The van der Waals surface area contributed by atoms with Crippen LogP contribution >= 0.6 is 0 Å². The lowest BCUT2D eigenvalue weighted by Gasteiger charge is -2.17. The summed E-state index contributed by atoms with van der Waals surface area (Å²) in [6, 6.07) is 19.2. The number of rotatable bonds is 7. The van der Waals surface area contributed by atoms with Crippen molar-refractivity contribution in [1.29, 1.82) is 0 Å². The van der Waals surface area contributed by atoms with Gasteiger partial charge < -0.3 is 14.2 Å². The highest BCUT2D eigenvalue weighted by atomic mass is 19.4. The molecule has 0 spiro atoms. The van der Waals surface area contributed by atoms with E-state index in [0.717, 1.165) is 12.1 Å². The predicted molar refractivity (Wildman–Crippen MR) is 121 cm³/mol. The molecule has 9 heteroatoms. The van der Waals surface area contributed by atoms with E-state index in [-0.39, 0.29) is 5.75 Å². The summed E-state index contributed by atoms with van der Waals surface area (Å²) in [5.74, 6) is -2.41. The Hall–Kier alpha value is -4.14. The Labute approximate surface area is 202 Å². The maximum absolute atomic E-state index is 14.5. The first-order valence-corrected chi connectivity index (χ1v) is 10.6. The third kappa shape index (κ3) is 6.29. The standard InChI is InChI=1S/C27H18F6O3/c1-16(35-22-11-12-23(24(29)15-22)18-2-7-20(28)8-3-18)34-21-9-4-17(5-10-21)19-6-13-26(25(30)14-19)36-27(31,32)33/h2-16H,1H3. The number of hydrogen-bond donors (Lipinski definition) is 0. The van der Waals surface area contributed by atoms with Crippen LogP contribution in [0.1, 0.15) is 6.92 Å². The Balaban J connectivity index is 1.39. The Morgan fingerprint density at radius 1 is 0.611 bits per heavy atom. The first-order valence-electron chi connectivity index (χ1n) is 10.6. The molecule has 0 fully saturated rings. The quantitative estimate of drug-likeness (QED) is 0.188. The maximum Gasteiger partial charge on any atom is 0.573 e. The molecule has 36 heavy (non-hydrogen) atoms. The number of ether oxygens (including phenoxy) is 3. The van der Waals surface area contributed by atoms with Crippen molar-refractivity contribution in [3.05, 3.63) is 102 Å². The molecule has 0 aliphatic rings. The summed E-state index contributed by atoms with van der Waals surface area (Å²) in [7, 11) is 0. The summed E-state index contributed by atoms with van der Waals surface area (Å²) in [5.41, 5.74) is 1.69. The molecule has 0 aromatic heterocycles. The molecule has 0 amide bonds. The second kappa shape index (κ2) is 10.2. The van der Waals surface area contributed by atoms with Gasteiger partial charge >= 0.3 is 6.36 Å². The van der Waals surface area contributed by atoms with E-state index in [1.807, 2.05) is 0 Å². The third-order valence-corrected chi connectivity index (χ3v) is 5.05. The summed E-state index contributed by atoms with van der Waals surface area (Å²) < 4.78 is 93.5. The maximum atomic E-state index is 14.5. The largest absolute Gasteiger partial charge is 0.573 e. The fourth-order valence-corrected chi connectivity index (χ4v) is 3.45. The molecule has 0 saturated carbocycles. The molecule has 0 bridgehead atoms.